The van der Waals surface area contributed by atoms with Gasteiger partial charge in [-0.05, 0) is 56.2 Å². The normalized spacial score (nSPS) is 10.5. The lowest BCUT2D eigenvalue weighted by Gasteiger charge is -2.27. The van der Waals surface area contributed by atoms with Crippen LogP contribution in [-0.2, 0) is 6.54 Å². The van der Waals surface area contributed by atoms with Gasteiger partial charge in [0.1, 0.15) is 0 Å². The summed E-state index contributed by atoms with van der Waals surface area (Å²) in [6, 6.07) is 19.2. The highest BCUT2D eigenvalue weighted by atomic mass is 32.1. The molecule has 0 saturated heterocycles. The van der Waals surface area contributed by atoms with Crippen LogP contribution in [0.2, 0.25) is 0 Å². The fourth-order valence-corrected chi connectivity index (χ4v) is 2.57. The van der Waals surface area contributed by atoms with Crippen LogP contribution in [0.5, 0.6) is 0 Å². The minimum Gasteiger partial charge on any atom is -0.360 e. The molecular formula is C18H22N2S. The molecule has 0 aliphatic heterocycles. The van der Waals surface area contributed by atoms with E-state index in [1.54, 1.807) is 0 Å². The van der Waals surface area contributed by atoms with Crippen LogP contribution in [0, 0.1) is 6.92 Å². The lowest BCUT2D eigenvalue weighted by molar-refractivity contribution is 0.726. The Morgan fingerprint density at radius 3 is 2.43 bits per heavy atom. The molecule has 0 bridgehead atoms. The van der Waals surface area contributed by atoms with Crippen LogP contribution in [0.4, 0.5) is 5.69 Å². The number of hydrogen-bond donors (Lipinski definition) is 1. The summed E-state index contributed by atoms with van der Waals surface area (Å²) in [7, 11) is 0. The average molecular weight is 298 g/mol. The van der Waals surface area contributed by atoms with Gasteiger partial charge in [-0.1, -0.05) is 42.5 Å². The molecule has 0 fully saturated rings. The molecule has 0 heterocycles. The molecule has 0 amide bonds. The van der Waals surface area contributed by atoms with Crippen molar-refractivity contribution in [3.63, 3.8) is 0 Å². The number of benzene rings is 2. The SMILES string of the molecule is Cc1cccc(N(Cc2ccccc2)C(=S)NC(C)C)c1. The molecule has 0 atom stereocenters. The summed E-state index contributed by atoms with van der Waals surface area (Å²) in [5, 5.41) is 4.10. The number of thiocarbonyl (C=S) groups is 1. The van der Waals surface area contributed by atoms with Gasteiger partial charge in [0.05, 0.1) is 6.54 Å². The van der Waals surface area contributed by atoms with E-state index in [0.717, 1.165) is 17.3 Å². The molecule has 1 N–H and O–H groups in total. The molecule has 2 aromatic carbocycles. The average Bonchev–Trinajstić information content (AvgIpc) is 2.45. The van der Waals surface area contributed by atoms with Crippen molar-refractivity contribution in [2.45, 2.75) is 33.4 Å². The molecule has 0 aromatic heterocycles. The van der Waals surface area contributed by atoms with Crippen molar-refractivity contribution >= 4 is 23.0 Å². The third-order valence-corrected chi connectivity index (χ3v) is 3.49. The Morgan fingerprint density at radius 2 is 1.81 bits per heavy atom. The van der Waals surface area contributed by atoms with E-state index in [1.165, 1.54) is 11.1 Å². The number of aryl methyl sites for hydroxylation is 1. The number of nitrogens with one attached hydrogen (secondary N) is 1. The van der Waals surface area contributed by atoms with E-state index < -0.39 is 0 Å². The zero-order valence-electron chi connectivity index (χ0n) is 12.8. The molecule has 0 saturated carbocycles. The van der Waals surface area contributed by atoms with Crippen molar-refractivity contribution in [2.75, 3.05) is 4.90 Å². The molecule has 0 spiro atoms. The summed E-state index contributed by atoms with van der Waals surface area (Å²) in [6.07, 6.45) is 0. The quantitative estimate of drug-likeness (QED) is 0.848. The third-order valence-electron chi connectivity index (χ3n) is 3.15. The van der Waals surface area contributed by atoms with E-state index in [1.807, 2.05) is 6.07 Å². The molecule has 110 valence electrons. The fraction of sp³-hybridized carbons (Fsp3) is 0.278. The van der Waals surface area contributed by atoms with Crippen LogP contribution in [0.15, 0.2) is 54.6 Å². The van der Waals surface area contributed by atoms with E-state index in [-0.39, 0.29) is 0 Å². The maximum atomic E-state index is 5.59. The van der Waals surface area contributed by atoms with Gasteiger partial charge in [0.15, 0.2) is 5.11 Å². The first-order valence-electron chi connectivity index (χ1n) is 7.25. The van der Waals surface area contributed by atoms with Crippen molar-refractivity contribution in [3.05, 3.63) is 65.7 Å². The number of rotatable bonds is 4. The van der Waals surface area contributed by atoms with E-state index in [0.29, 0.717) is 6.04 Å². The Balaban J connectivity index is 2.28. The van der Waals surface area contributed by atoms with Gasteiger partial charge < -0.3 is 10.2 Å². The standard InChI is InChI=1S/C18H22N2S/c1-14(2)19-18(21)20(13-16-9-5-4-6-10-16)17-11-7-8-15(3)12-17/h4-12,14H,13H2,1-3H3,(H,19,21). The molecular weight excluding hydrogens is 276 g/mol. The molecule has 0 unspecified atom stereocenters. The highest BCUT2D eigenvalue weighted by Crippen LogP contribution is 2.19. The predicted octanol–water partition coefficient (Wildman–Crippen LogP) is 4.28. The van der Waals surface area contributed by atoms with Crippen molar-refractivity contribution < 1.29 is 0 Å². The van der Waals surface area contributed by atoms with Crippen LogP contribution >= 0.6 is 12.2 Å². The summed E-state index contributed by atoms with van der Waals surface area (Å²) >= 11 is 5.59. The predicted molar refractivity (Wildman–Crippen MR) is 94.7 cm³/mol. The van der Waals surface area contributed by atoms with Crippen LogP contribution in [0.1, 0.15) is 25.0 Å². The van der Waals surface area contributed by atoms with E-state index >= 15 is 0 Å². The maximum Gasteiger partial charge on any atom is 0.173 e. The minimum absolute atomic E-state index is 0.320. The number of nitrogens with zero attached hydrogens (tertiary/aromatic N) is 1. The number of anilines is 1. The zero-order chi connectivity index (χ0) is 15.2. The Bertz CT molecular complexity index is 593. The van der Waals surface area contributed by atoms with Crippen molar-refractivity contribution in [2.24, 2.45) is 0 Å². The van der Waals surface area contributed by atoms with Gasteiger partial charge in [0.2, 0.25) is 0 Å². The molecule has 2 rings (SSSR count). The molecule has 2 nitrogen and oxygen atoms in total. The third kappa shape index (κ3) is 4.57. The first-order chi connectivity index (χ1) is 10.1. The van der Waals surface area contributed by atoms with Crippen molar-refractivity contribution in [1.29, 1.82) is 0 Å². The summed E-state index contributed by atoms with van der Waals surface area (Å²) in [6.45, 7) is 7.07. The molecule has 0 aliphatic rings. The maximum absolute atomic E-state index is 5.59. The lowest BCUT2D eigenvalue weighted by atomic mass is 10.1. The second kappa shape index (κ2) is 7.23. The van der Waals surface area contributed by atoms with Gasteiger partial charge in [0.25, 0.3) is 0 Å². The largest absolute Gasteiger partial charge is 0.360 e. The van der Waals surface area contributed by atoms with Crippen LogP contribution in [0.3, 0.4) is 0 Å². The molecule has 21 heavy (non-hydrogen) atoms. The zero-order valence-corrected chi connectivity index (χ0v) is 13.7. The lowest BCUT2D eigenvalue weighted by Crippen LogP contribution is -2.42. The fourth-order valence-electron chi connectivity index (χ4n) is 2.17. The summed E-state index contributed by atoms with van der Waals surface area (Å²) in [5.74, 6) is 0. The van der Waals surface area contributed by atoms with Gasteiger partial charge in [-0.25, -0.2) is 0 Å². The second-order valence-corrected chi connectivity index (χ2v) is 5.90. The van der Waals surface area contributed by atoms with Crippen LogP contribution < -0.4 is 10.2 Å². The van der Waals surface area contributed by atoms with Crippen LogP contribution in [-0.4, -0.2) is 11.2 Å². The highest BCUT2D eigenvalue weighted by molar-refractivity contribution is 7.80. The van der Waals surface area contributed by atoms with Crippen molar-refractivity contribution in [3.8, 4) is 0 Å². The molecule has 2 aromatic rings. The van der Waals surface area contributed by atoms with Gasteiger partial charge in [0, 0.05) is 11.7 Å². The summed E-state index contributed by atoms with van der Waals surface area (Å²) in [4.78, 5) is 2.15. The summed E-state index contributed by atoms with van der Waals surface area (Å²) < 4.78 is 0. The first kappa shape index (κ1) is 15.5. The molecule has 0 aliphatic carbocycles. The monoisotopic (exact) mass is 298 g/mol. The Hall–Kier alpha value is -1.87. The van der Waals surface area contributed by atoms with E-state index in [2.05, 4.69) is 79.5 Å². The second-order valence-electron chi connectivity index (χ2n) is 5.51. The molecule has 0 radical (unpaired) electrons. The first-order valence-corrected chi connectivity index (χ1v) is 7.65. The van der Waals surface area contributed by atoms with Gasteiger partial charge in [-0.3, -0.25) is 0 Å². The smallest absolute Gasteiger partial charge is 0.173 e. The van der Waals surface area contributed by atoms with E-state index in [4.69, 9.17) is 12.2 Å². The Labute approximate surface area is 132 Å². The van der Waals surface area contributed by atoms with Gasteiger partial charge in [-0.15, -0.1) is 0 Å². The number of hydrogen-bond acceptors (Lipinski definition) is 1. The Kier molecular flexibility index (Phi) is 5.34. The van der Waals surface area contributed by atoms with Gasteiger partial charge >= 0.3 is 0 Å². The van der Waals surface area contributed by atoms with Crippen LogP contribution in [0.25, 0.3) is 0 Å². The molecule has 3 heteroatoms. The van der Waals surface area contributed by atoms with E-state index in [9.17, 15) is 0 Å². The van der Waals surface area contributed by atoms with Gasteiger partial charge in [-0.2, -0.15) is 0 Å². The Morgan fingerprint density at radius 1 is 1.10 bits per heavy atom. The van der Waals surface area contributed by atoms with Crippen molar-refractivity contribution in [1.82, 2.24) is 5.32 Å². The minimum atomic E-state index is 0.320. The summed E-state index contributed by atoms with van der Waals surface area (Å²) in [5.41, 5.74) is 3.60. The highest BCUT2D eigenvalue weighted by Gasteiger charge is 2.13. The topological polar surface area (TPSA) is 15.3 Å².